The maximum absolute atomic E-state index is 9.08. The number of unbranched alkanes of at least 4 members (excludes halogenated alkanes) is 15. The van der Waals surface area contributed by atoms with Crippen LogP contribution in [0.1, 0.15) is 121 Å². The molecule has 1 aromatic carbocycles. The van der Waals surface area contributed by atoms with Gasteiger partial charge >= 0.3 is 0 Å². The Morgan fingerprint density at radius 2 is 1.07 bits per heavy atom. The second kappa shape index (κ2) is 18.6. The minimum atomic E-state index is 0.472. The highest BCUT2D eigenvalue weighted by Crippen LogP contribution is 2.23. The molecule has 0 unspecified atom stereocenters. The van der Waals surface area contributed by atoms with Crippen molar-refractivity contribution in [3.05, 3.63) is 29.3 Å². The van der Waals surface area contributed by atoms with Gasteiger partial charge in [-0.15, -0.1) is 11.8 Å². The molecule has 0 amide bonds. The Labute approximate surface area is 184 Å². The van der Waals surface area contributed by atoms with Crippen molar-refractivity contribution in [1.82, 2.24) is 0 Å². The Hall–Kier alpha value is -1.45. The predicted molar refractivity (Wildman–Crippen MR) is 126 cm³/mol. The third kappa shape index (κ3) is 13.4. The van der Waals surface area contributed by atoms with Gasteiger partial charge in [-0.3, -0.25) is 0 Å². The van der Waals surface area contributed by atoms with E-state index in [2.05, 4.69) is 19.1 Å². The molecule has 0 N–H and O–H groups in total. The van der Waals surface area contributed by atoms with Gasteiger partial charge in [0.2, 0.25) is 0 Å². The van der Waals surface area contributed by atoms with E-state index in [0.29, 0.717) is 11.1 Å². The standard InChI is InChI=1S/C26H40N2S/c1-2-3-4-5-6-7-8-9-10-11-12-13-14-15-16-17-20-29-26-19-18-24(22-27)25(21-26)23-28/h18-19,21H,2-17,20H2,1H3. The van der Waals surface area contributed by atoms with Gasteiger partial charge in [-0.1, -0.05) is 103 Å². The Kier molecular flexibility index (Phi) is 16.4. The molecule has 0 saturated carbocycles. The van der Waals surface area contributed by atoms with Crippen LogP contribution in [-0.2, 0) is 0 Å². The second-order valence-corrected chi connectivity index (χ2v) is 9.25. The highest BCUT2D eigenvalue weighted by Gasteiger charge is 2.03. The largest absolute Gasteiger partial charge is 0.192 e. The second-order valence-electron chi connectivity index (χ2n) is 8.08. The third-order valence-electron chi connectivity index (χ3n) is 5.50. The minimum absolute atomic E-state index is 0.472. The number of thioether (sulfide) groups is 1. The van der Waals surface area contributed by atoms with Gasteiger partial charge in [0.05, 0.1) is 11.1 Å². The summed E-state index contributed by atoms with van der Waals surface area (Å²) in [6.45, 7) is 2.28. The molecule has 0 saturated heterocycles. The Morgan fingerprint density at radius 1 is 0.621 bits per heavy atom. The van der Waals surface area contributed by atoms with E-state index in [1.165, 1.54) is 103 Å². The lowest BCUT2D eigenvalue weighted by molar-refractivity contribution is 0.531. The van der Waals surface area contributed by atoms with Crippen molar-refractivity contribution < 1.29 is 0 Å². The molecule has 160 valence electrons. The number of benzene rings is 1. The van der Waals surface area contributed by atoms with Gasteiger partial charge in [0.15, 0.2) is 0 Å². The fourth-order valence-electron chi connectivity index (χ4n) is 3.64. The Morgan fingerprint density at radius 3 is 1.52 bits per heavy atom. The molecule has 1 rings (SSSR count). The lowest BCUT2D eigenvalue weighted by atomic mass is 10.0. The average Bonchev–Trinajstić information content (AvgIpc) is 2.75. The Bertz CT molecular complexity index is 612. The molecule has 2 nitrogen and oxygen atoms in total. The molecule has 0 spiro atoms. The van der Waals surface area contributed by atoms with Gasteiger partial charge in [0.25, 0.3) is 0 Å². The van der Waals surface area contributed by atoms with Crippen LogP contribution in [0.15, 0.2) is 23.1 Å². The van der Waals surface area contributed by atoms with E-state index in [4.69, 9.17) is 10.5 Å². The Balaban J connectivity index is 1.86. The fraction of sp³-hybridized carbons (Fsp3) is 0.692. The molecule has 0 aliphatic carbocycles. The number of hydrogen-bond acceptors (Lipinski definition) is 3. The molecule has 0 heterocycles. The van der Waals surface area contributed by atoms with Crippen LogP contribution in [0.2, 0.25) is 0 Å². The van der Waals surface area contributed by atoms with E-state index < -0.39 is 0 Å². The van der Waals surface area contributed by atoms with Crippen molar-refractivity contribution in [2.75, 3.05) is 5.75 Å². The summed E-state index contributed by atoms with van der Waals surface area (Å²) in [5.41, 5.74) is 0.962. The van der Waals surface area contributed by atoms with Crippen molar-refractivity contribution >= 4 is 11.8 Å². The smallest absolute Gasteiger partial charge is 0.101 e. The van der Waals surface area contributed by atoms with Gasteiger partial charge < -0.3 is 0 Å². The molecule has 29 heavy (non-hydrogen) atoms. The normalized spacial score (nSPS) is 10.6. The quantitative estimate of drug-likeness (QED) is 0.179. The molecular formula is C26H40N2S. The summed E-state index contributed by atoms with van der Waals surface area (Å²) >= 11 is 1.80. The van der Waals surface area contributed by atoms with Gasteiger partial charge in [-0.25, -0.2) is 0 Å². The molecule has 0 aliphatic rings. The number of rotatable bonds is 18. The van der Waals surface area contributed by atoms with Crippen molar-refractivity contribution in [3.8, 4) is 12.1 Å². The zero-order valence-corrected chi connectivity index (χ0v) is 19.4. The predicted octanol–water partition coefficient (Wildman–Crippen LogP) is 8.78. The first-order valence-electron chi connectivity index (χ1n) is 11.9. The van der Waals surface area contributed by atoms with Gasteiger partial charge in [0, 0.05) is 4.90 Å². The average molecular weight is 413 g/mol. The summed E-state index contributed by atoms with van der Waals surface area (Å²) in [4.78, 5) is 1.10. The van der Waals surface area contributed by atoms with E-state index in [0.717, 1.165) is 10.6 Å². The van der Waals surface area contributed by atoms with Crippen molar-refractivity contribution in [1.29, 1.82) is 10.5 Å². The highest BCUT2D eigenvalue weighted by molar-refractivity contribution is 7.99. The van der Waals surface area contributed by atoms with Crippen LogP contribution in [0.25, 0.3) is 0 Å². The molecule has 3 heteroatoms. The zero-order chi connectivity index (χ0) is 21.0. The molecule has 0 fully saturated rings. The van der Waals surface area contributed by atoms with Gasteiger partial charge in [0.1, 0.15) is 12.1 Å². The summed E-state index contributed by atoms with van der Waals surface area (Å²) in [6, 6.07) is 9.73. The molecule has 0 atom stereocenters. The molecular weight excluding hydrogens is 372 g/mol. The molecule has 0 aromatic heterocycles. The van der Waals surface area contributed by atoms with E-state index >= 15 is 0 Å². The van der Waals surface area contributed by atoms with Crippen LogP contribution in [0, 0.1) is 22.7 Å². The van der Waals surface area contributed by atoms with Crippen LogP contribution >= 0.6 is 11.8 Å². The summed E-state index contributed by atoms with van der Waals surface area (Å²) in [5.74, 6) is 1.09. The summed E-state index contributed by atoms with van der Waals surface area (Å²) in [6.07, 6.45) is 22.3. The fourth-order valence-corrected chi connectivity index (χ4v) is 4.59. The van der Waals surface area contributed by atoms with E-state index in [-0.39, 0.29) is 0 Å². The van der Waals surface area contributed by atoms with Crippen molar-refractivity contribution in [2.24, 2.45) is 0 Å². The van der Waals surface area contributed by atoms with Crippen LogP contribution < -0.4 is 0 Å². The highest BCUT2D eigenvalue weighted by atomic mass is 32.2. The van der Waals surface area contributed by atoms with Crippen molar-refractivity contribution in [2.45, 2.75) is 115 Å². The first-order valence-corrected chi connectivity index (χ1v) is 12.9. The number of nitrogens with zero attached hydrogens (tertiary/aromatic N) is 2. The first-order chi connectivity index (χ1) is 14.3. The van der Waals surface area contributed by atoms with Crippen LogP contribution in [-0.4, -0.2) is 5.75 Å². The summed E-state index contributed by atoms with van der Waals surface area (Å²) < 4.78 is 0. The maximum Gasteiger partial charge on any atom is 0.101 e. The third-order valence-corrected chi connectivity index (χ3v) is 6.58. The SMILES string of the molecule is CCCCCCCCCCCCCCCCCCSc1ccc(C#N)c(C#N)c1. The topological polar surface area (TPSA) is 47.6 Å². The maximum atomic E-state index is 9.08. The molecule has 1 aromatic rings. The molecule has 0 bridgehead atoms. The van der Waals surface area contributed by atoms with Crippen LogP contribution in [0.5, 0.6) is 0 Å². The summed E-state index contributed by atoms with van der Waals surface area (Å²) in [7, 11) is 0. The van der Waals surface area contributed by atoms with E-state index in [1.54, 1.807) is 17.8 Å². The minimum Gasteiger partial charge on any atom is -0.192 e. The zero-order valence-electron chi connectivity index (χ0n) is 18.6. The van der Waals surface area contributed by atoms with Gasteiger partial charge in [-0.05, 0) is 30.4 Å². The van der Waals surface area contributed by atoms with Crippen molar-refractivity contribution in [3.63, 3.8) is 0 Å². The monoisotopic (exact) mass is 412 g/mol. The first kappa shape index (κ1) is 25.6. The molecule has 0 radical (unpaired) electrons. The van der Waals surface area contributed by atoms with Crippen LogP contribution in [0.3, 0.4) is 0 Å². The van der Waals surface area contributed by atoms with E-state index in [1.807, 2.05) is 12.1 Å². The lowest BCUT2D eigenvalue weighted by Gasteiger charge is -2.04. The molecule has 0 aliphatic heterocycles. The number of nitriles is 2. The van der Waals surface area contributed by atoms with Crippen LogP contribution in [0.4, 0.5) is 0 Å². The number of hydrogen-bond donors (Lipinski definition) is 0. The van der Waals surface area contributed by atoms with E-state index in [9.17, 15) is 0 Å². The van der Waals surface area contributed by atoms with Gasteiger partial charge in [-0.2, -0.15) is 10.5 Å². The summed E-state index contributed by atoms with van der Waals surface area (Å²) in [5, 5.41) is 18.0. The lowest BCUT2D eigenvalue weighted by Crippen LogP contribution is -1.87.